The Labute approximate surface area is 161 Å². The summed E-state index contributed by atoms with van der Waals surface area (Å²) in [6.07, 6.45) is 0.443. The Hall–Kier alpha value is -1.18. The van der Waals surface area contributed by atoms with Gasteiger partial charge in [0, 0.05) is 35.5 Å². The number of thioether (sulfide) groups is 2. The Morgan fingerprint density at radius 3 is 2.60 bits per heavy atom. The topological polar surface area (TPSA) is 48.7 Å². The Morgan fingerprint density at radius 2 is 1.84 bits per heavy atom. The average molecular weight is 399 g/mol. The average Bonchev–Trinajstić information content (AvgIpc) is 2.62. The van der Waals surface area contributed by atoms with Gasteiger partial charge in [0.25, 0.3) is 0 Å². The number of benzene rings is 1. The number of rotatable bonds is 11. The van der Waals surface area contributed by atoms with Crippen LogP contribution in [0.25, 0.3) is 11.0 Å². The fourth-order valence-corrected chi connectivity index (χ4v) is 4.00. The lowest BCUT2D eigenvalue weighted by molar-refractivity contribution is -0.142. The first kappa shape index (κ1) is 20.1. The van der Waals surface area contributed by atoms with Crippen LogP contribution in [0.3, 0.4) is 0 Å². The van der Waals surface area contributed by atoms with Gasteiger partial charge in [0.05, 0.1) is 12.0 Å². The summed E-state index contributed by atoms with van der Waals surface area (Å²) in [4.78, 5) is 11.0. The molecule has 25 heavy (non-hydrogen) atoms. The molecule has 1 aromatic heterocycles. The minimum absolute atomic E-state index is 0.129. The molecule has 0 saturated heterocycles. The maximum absolute atomic E-state index is 11.0. The third kappa shape index (κ3) is 7.30. The molecule has 1 aromatic carbocycles. The van der Waals surface area contributed by atoms with E-state index in [1.807, 2.05) is 36.0 Å². The lowest BCUT2D eigenvalue weighted by Crippen LogP contribution is -2.06. The monoisotopic (exact) mass is 398 g/mol. The fraction of sp³-hybridized carbons (Fsp3) is 0.444. The van der Waals surface area contributed by atoms with E-state index in [2.05, 4.69) is 0 Å². The molecule has 136 valence electrons. The van der Waals surface area contributed by atoms with Crippen LogP contribution in [0, 0.1) is 4.71 Å². The summed E-state index contributed by atoms with van der Waals surface area (Å²) < 4.78 is 16.8. The molecule has 1 heterocycles. The minimum Gasteiger partial charge on any atom is -0.492 e. The molecule has 0 atom stereocenters. The van der Waals surface area contributed by atoms with Gasteiger partial charge in [-0.1, -0.05) is 19.1 Å². The van der Waals surface area contributed by atoms with Gasteiger partial charge in [0.15, 0.2) is 4.71 Å². The van der Waals surface area contributed by atoms with Crippen LogP contribution >= 0.6 is 35.7 Å². The zero-order chi connectivity index (χ0) is 17.9. The first-order valence-electron chi connectivity index (χ1n) is 8.17. The molecular weight excluding hydrogens is 376 g/mol. The first-order chi connectivity index (χ1) is 12.2. The van der Waals surface area contributed by atoms with Gasteiger partial charge in [-0.15, -0.1) is 0 Å². The third-order valence-corrected chi connectivity index (χ3v) is 5.60. The standard InChI is InChI=1S/C18H22O4S3/c1-2-17(19)21-8-10-25-12-11-24-9-7-20-16-13-18(23)22-15-6-4-3-5-14(15)16/h3-6,13H,2,7-12H2,1H3. The summed E-state index contributed by atoms with van der Waals surface area (Å²) in [6, 6.07) is 9.49. The van der Waals surface area contributed by atoms with E-state index in [1.54, 1.807) is 24.8 Å². The van der Waals surface area contributed by atoms with Gasteiger partial charge in [-0.3, -0.25) is 4.79 Å². The zero-order valence-corrected chi connectivity index (χ0v) is 16.6. The van der Waals surface area contributed by atoms with E-state index in [0.717, 1.165) is 39.7 Å². The van der Waals surface area contributed by atoms with Crippen molar-refractivity contribution >= 4 is 52.7 Å². The molecule has 0 amide bonds. The highest BCUT2D eigenvalue weighted by atomic mass is 32.2. The van der Waals surface area contributed by atoms with Gasteiger partial charge in [0.1, 0.15) is 17.9 Å². The van der Waals surface area contributed by atoms with Crippen molar-refractivity contribution in [2.45, 2.75) is 13.3 Å². The van der Waals surface area contributed by atoms with E-state index in [-0.39, 0.29) is 5.97 Å². The first-order valence-corrected chi connectivity index (χ1v) is 10.9. The Bertz CT molecular complexity index is 730. The van der Waals surface area contributed by atoms with Gasteiger partial charge in [-0.05, 0) is 24.4 Å². The number of esters is 1. The van der Waals surface area contributed by atoms with Crippen LogP contribution in [0.1, 0.15) is 13.3 Å². The van der Waals surface area contributed by atoms with Crippen molar-refractivity contribution in [3.8, 4) is 5.75 Å². The zero-order valence-electron chi connectivity index (χ0n) is 14.2. The maximum atomic E-state index is 11.0. The van der Waals surface area contributed by atoms with Crippen molar-refractivity contribution in [2.24, 2.45) is 0 Å². The second kappa shape index (κ2) is 11.4. The number of hydrogen-bond acceptors (Lipinski definition) is 7. The van der Waals surface area contributed by atoms with Crippen molar-refractivity contribution in [1.82, 2.24) is 0 Å². The smallest absolute Gasteiger partial charge is 0.305 e. The molecule has 0 spiro atoms. The van der Waals surface area contributed by atoms with Crippen molar-refractivity contribution in [1.29, 1.82) is 0 Å². The van der Waals surface area contributed by atoms with Gasteiger partial charge in [0.2, 0.25) is 0 Å². The van der Waals surface area contributed by atoms with Gasteiger partial charge in [-0.2, -0.15) is 23.5 Å². The summed E-state index contributed by atoms with van der Waals surface area (Å²) in [6.45, 7) is 2.93. The summed E-state index contributed by atoms with van der Waals surface area (Å²) in [5, 5.41) is 0.943. The van der Waals surface area contributed by atoms with Crippen LogP contribution in [0.2, 0.25) is 0 Å². The fourth-order valence-electron chi connectivity index (χ4n) is 2.05. The molecule has 0 saturated carbocycles. The van der Waals surface area contributed by atoms with E-state index >= 15 is 0 Å². The molecule has 0 fully saturated rings. The highest BCUT2D eigenvalue weighted by Gasteiger charge is 2.04. The molecule has 0 aliphatic carbocycles. The Balaban J connectivity index is 1.59. The van der Waals surface area contributed by atoms with E-state index in [9.17, 15) is 4.79 Å². The van der Waals surface area contributed by atoms with Crippen LogP contribution in [-0.2, 0) is 9.53 Å². The molecule has 2 aromatic rings. The summed E-state index contributed by atoms with van der Waals surface area (Å²) in [7, 11) is 0. The van der Waals surface area contributed by atoms with E-state index in [1.165, 1.54) is 0 Å². The van der Waals surface area contributed by atoms with Crippen LogP contribution < -0.4 is 4.74 Å². The summed E-state index contributed by atoms with van der Waals surface area (Å²) in [5.41, 5.74) is 0.748. The number of ether oxygens (including phenoxy) is 2. The number of para-hydroxylation sites is 1. The molecular formula is C18H22O4S3. The van der Waals surface area contributed by atoms with Crippen molar-refractivity contribution in [2.75, 3.05) is 36.2 Å². The molecule has 0 aliphatic rings. The second-order valence-corrected chi connectivity index (χ2v) is 7.92. The molecule has 4 nitrogen and oxygen atoms in total. The Kier molecular flexibility index (Phi) is 9.21. The molecule has 0 bridgehead atoms. The summed E-state index contributed by atoms with van der Waals surface area (Å²) >= 11 is 8.78. The third-order valence-electron chi connectivity index (χ3n) is 3.25. The van der Waals surface area contributed by atoms with E-state index in [4.69, 9.17) is 26.1 Å². The molecule has 0 N–H and O–H groups in total. The molecule has 0 radical (unpaired) electrons. The number of fused-ring (bicyclic) bond motifs is 1. The van der Waals surface area contributed by atoms with E-state index < -0.39 is 0 Å². The normalized spacial score (nSPS) is 10.8. The van der Waals surface area contributed by atoms with Crippen molar-refractivity contribution < 1.29 is 18.7 Å². The van der Waals surface area contributed by atoms with Crippen LogP contribution in [-0.4, -0.2) is 42.2 Å². The van der Waals surface area contributed by atoms with Gasteiger partial charge >= 0.3 is 5.97 Å². The van der Waals surface area contributed by atoms with Gasteiger partial charge < -0.3 is 13.9 Å². The predicted octanol–water partition coefficient (Wildman–Crippen LogP) is 4.96. The maximum Gasteiger partial charge on any atom is 0.305 e. The quantitative estimate of drug-likeness (QED) is 0.301. The SMILES string of the molecule is CCC(=O)OCCSCCSCCOc1cc(=S)oc2ccccc12. The lowest BCUT2D eigenvalue weighted by Gasteiger charge is -2.08. The lowest BCUT2D eigenvalue weighted by atomic mass is 10.2. The van der Waals surface area contributed by atoms with E-state index in [0.29, 0.717) is 24.3 Å². The minimum atomic E-state index is -0.129. The highest BCUT2D eigenvalue weighted by Crippen LogP contribution is 2.26. The molecule has 7 heteroatoms. The van der Waals surface area contributed by atoms with Crippen LogP contribution in [0.5, 0.6) is 5.75 Å². The number of carbonyl (C=O) groups excluding carboxylic acids is 1. The summed E-state index contributed by atoms with van der Waals surface area (Å²) in [5.74, 6) is 4.50. The van der Waals surface area contributed by atoms with Crippen LogP contribution in [0.15, 0.2) is 34.7 Å². The van der Waals surface area contributed by atoms with Crippen molar-refractivity contribution in [3.05, 3.63) is 35.0 Å². The molecule has 0 unspecified atom stereocenters. The second-order valence-electron chi connectivity index (χ2n) is 5.07. The number of hydrogen-bond donors (Lipinski definition) is 0. The van der Waals surface area contributed by atoms with Crippen LogP contribution in [0.4, 0.5) is 0 Å². The predicted molar refractivity (Wildman–Crippen MR) is 108 cm³/mol. The molecule has 2 rings (SSSR count). The van der Waals surface area contributed by atoms with Gasteiger partial charge in [-0.25, -0.2) is 0 Å². The van der Waals surface area contributed by atoms with Crippen molar-refractivity contribution in [3.63, 3.8) is 0 Å². The molecule has 0 aliphatic heterocycles. The Morgan fingerprint density at radius 1 is 1.12 bits per heavy atom. The number of carbonyl (C=O) groups is 1. The largest absolute Gasteiger partial charge is 0.492 e. The highest BCUT2D eigenvalue weighted by molar-refractivity contribution is 8.02.